The van der Waals surface area contributed by atoms with Gasteiger partial charge >= 0.3 is 6.03 Å². The van der Waals surface area contributed by atoms with Gasteiger partial charge in [-0.15, -0.1) is 0 Å². The van der Waals surface area contributed by atoms with Gasteiger partial charge in [0.05, 0.1) is 11.4 Å². The van der Waals surface area contributed by atoms with E-state index < -0.39 is 10.0 Å². The van der Waals surface area contributed by atoms with Gasteiger partial charge in [-0.05, 0) is 93.2 Å². The molecule has 2 N–H and O–H groups in total. The molecule has 11 heteroatoms. The zero-order valence-corrected chi connectivity index (χ0v) is 29.9. The lowest BCUT2D eigenvalue weighted by molar-refractivity contribution is 0.182. The number of carbonyl (C=O) groups excluding carboxylic acids is 1. The van der Waals surface area contributed by atoms with Crippen molar-refractivity contribution < 1.29 is 22.7 Å². The summed E-state index contributed by atoms with van der Waals surface area (Å²) < 4.78 is 42.5. The van der Waals surface area contributed by atoms with Crippen LogP contribution in [0.25, 0.3) is 5.69 Å². The van der Waals surface area contributed by atoms with Crippen molar-refractivity contribution in [2.45, 2.75) is 90.1 Å². The number of anilines is 2. The van der Waals surface area contributed by atoms with Gasteiger partial charge < -0.3 is 14.8 Å². The molecular weight excluding hydrogens is 651 g/mol. The van der Waals surface area contributed by atoms with Gasteiger partial charge in [-0.1, -0.05) is 68.8 Å². The maximum absolute atomic E-state index is 13.8. The van der Waals surface area contributed by atoms with E-state index >= 15 is 0 Å². The fourth-order valence-electron chi connectivity index (χ4n) is 7.34. The lowest BCUT2D eigenvalue weighted by Gasteiger charge is -2.38. The zero-order chi connectivity index (χ0) is 35.0. The molecule has 2 fully saturated rings. The number of ether oxygens (including phenoxy) is 2. The molecule has 4 aliphatic rings. The van der Waals surface area contributed by atoms with E-state index in [2.05, 4.69) is 37.5 Å². The molecule has 2 aromatic carbocycles. The standard InChI is InChI=1S/C39H45N5O5S/c1-26-10-16-31(17-11-26)43-36(23-35(42-43)39(2,3)4)41-38(45)40-30-14-12-27(13-15-30)20-28-21-32-18-19-33(22-28)44(32)50(46,47)37-25-48-24-34(49-37)29-8-6-5-7-9-29/h5-6,8,10-17,23-25,28,32-33H,7,9,18-22H2,1-4H3,(H2,40,41,45). The molecule has 7 rings (SSSR count). The van der Waals surface area contributed by atoms with Crippen molar-refractivity contribution in [1.29, 1.82) is 0 Å². The third-order valence-corrected chi connectivity index (χ3v) is 11.7. The Bertz CT molecular complexity index is 1970. The summed E-state index contributed by atoms with van der Waals surface area (Å²) in [7, 11) is -3.85. The average molecular weight is 696 g/mol. The molecule has 2 amide bonds. The lowest BCUT2D eigenvalue weighted by Crippen LogP contribution is -2.47. The summed E-state index contributed by atoms with van der Waals surface area (Å²) in [6.45, 7) is 8.32. The minimum atomic E-state index is -3.85. The Morgan fingerprint density at radius 2 is 1.70 bits per heavy atom. The molecule has 2 bridgehead atoms. The Morgan fingerprint density at radius 3 is 2.36 bits per heavy atom. The van der Waals surface area contributed by atoms with Crippen LogP contribution in [0.5, 0.6) is 0 Å². The first kappa shape index (κ1) is 33.9. The molecule has 10 nitrogen and oxygen atoms in total. The summed E-state index contributed by atoms with van der Waals surface area (Å²) >= 11 is 0. The number of hydrogen-bond donors (Lipinski definition) is 2. The molecule has 2 atom stereocenters. The molecule has 2 saturated heterocycles. The van der Waals surface area contributed by atoms with Crippen LogP contribution in [-0.2, 0) is 31.3 Å². The highest BCUT2D eigenvalue weighted by molar-refractivity contribution is 7.92. The van der Waals surface area contributed by atoms with Gasteiger partial charge in [0.2, 0.25) is 0 Å². The summed E-state index contributed by atoms with van der Waals surface area (Å²) in [5, 5.41) is 10.6. The summed E-state index contributed by atoms with van der Waals surface area (Å²) in [4.78, 5) is 13.1. The van der Waals surface area contributed by atoms with Crippen LogP contribution >= 0.6 is 0 Å². The molecule has 1 aliphatic carbocycles. The third kappa shape index (κ3) is 7.15. The first-order chi connectivity index (χ1) is 23.9. The van der Waals surface area contributed by atoms with Crippen molar-refractivity contribution in [3.63, 3.8) is 0 Å². The molecule has 262 valence electrons. The Morgan fingerprint density at radius 1 is 0.980 bits per heavy atom. The number of benzene rings is 2. The SMILES string of the molecule is Cc1ccc(-n2nc(C(C)(C)C)cc2NC(=O)Nc2ccc(CC3CC4CCC(C3)N4S(=O)(=O)C3=COC=C(C4=CC=CCC4)O3)cc2)cc1. The summed E-state index contributed by atoms with van der Waals surface area (Å²) in [6.07, 6.45) is 14.4. The number of carbonyl (C=O) groups is 1. The maximum Gasteiger partial charge on any atom is 0.324 e. The second-order valence-electron chi connectivity index (χ2n) is 14.8. The van der Waals surface area contributed by atoms with Crippen molar-refractivity contribution in [2.24, 2.45) is 5.92 Å². The highest BCUT2D eigenvalue weighted by atomic mass is 32.2. The number of nitrogens with zero attached hydrogens (tertiary/aromatic N) is 3. The van der Waals surface area contributed by atoms with Crippen molar-refractivity contribution >= 4 is 27.6 Å². The number of aromatic nitrogens is 2. The molecule has 4 heterocycles. The number of aryl methyl sites for hydroxylation is 1. The zero-order valence-electron chi connectivity index (χ0n) is 29.1. The van der Waals surface area contributed by atoms with Crippen molar-refractivity contribution in [3.8, 4) is 5.69 Å². The first-order valence-electron chi connectivity index (χ1n) is 17.4. The molecule has 50 heavy (non-hydrogen) atoms. The smallest absolute Gasteiger partial charge is 0.324 e. The molecule has 0 saturated carbocycles. The van der Waals surface area contributed by atoms with Gasteiger partial charge in [0.15, 0.2) is 5.76 Å². The fourth-order valence-corrected chi connectivity index (χ4v) is 9.08. The van der Waals surface area contributed by atoms with E-state index in [1.54, 1.807) is 8.99 Å². The van der Waals surface area contributed by atoms with Gasteiger partial charge in [0, 0.05) is 29.3 Å². The van der Waals surface area contributed by atoms with E-state index in [1.165, 1.54) is 12.5 Å². The lowest BCUT2D eigenvalue weighted by atomic mass is 9.87. The topological polar surface area (TPSA) is 115 Å². The number of allylic oxidation sites excluding steroid dienone is 4. The Labute approximate surface area is 294 Å². The number of sulfonamides is 1. The number of piperidine rings is 1. The second-order valence-corrected chi connectivity index (χ2v) is 16.5. The van der Waals surface area contributed by atoms with Gasteiger partial charge in [0.25, 0.3) is 15.1 Å². The van der Waals surface area contributed by atoms with Gasteiger partial charge in [-0.25, -0.2) is 17.9 Å². The van der Waals surface area contributed by atoms with E-state index in [4.69, 9.17) is 14.6 Å². The van der Waals surface area contributed by atoms with Crippen LogP contribution in [0.3, 0.4) is 0 Å². The summed E-state index contributed by atoms with van der Waals surface area (Å²) in [5.74, 6) is 1.40. The first-order valence-corrected chi connectivity index (χ1v) is 18.9. The highest BCUT2D eigenvalue weighted by Crippen LogP contribution is 2.44. The number of hydrogen-bond acceptors (Lipinski definition) is 6. The van der Waals surface area contributed by atoms with Crippen LogP contribution in [0.15, 0.2) is 102 Å². The van der Waals surface area contributed by atoms with E-state index in [0.717, 1.165) is 73.0 Å². The molecular formula is C39H45N5O5S. The Kier molecular flexibility index (Phi) is 9.21. The Balaban J connectivity index is 0.960. The highest BCUT2D eigenvalue weighted by Gasteiger charge is 2.49. The predicted molar refractivity (Wildman–Crippen MR) is 195 cm³/mol. The van der Waals surface area contributed by atoms with Gasteiger partial charge in [0.1, 0.15) is 18.3 Å². The van der Waals surface area contributed by atoms with Crippen LogP contribution in [0.2, 0.25) is 0 Å². The third-order valence-electron chi connectivity index (χ3n) is 9.91. The number of urea groups is 1. The minimum absolute atomic E-state index is 0.0729. The number of amides is 2. The van der Waals surface area contributed by atoms with E-state index in [1.807, 2.05) is 73.7 Å². The molecule has 0 radical (unpaired) electrons. The fraction of sp³-hybridized carbons (Fsp3) is 0.385. The summed E-state index contributed by atoms with van der Waals surface area (Å²) in [6, 6.07) is 17.3. The van der Waals surface area contributed by atoms with Crippen molar-refractivity contribution in [1.82, 2.24) is 14.1 Å². The van der Waals surface area contributed by atoms with Crippen LogP contribution in [0.1, 0.15) is 76.1 Å². The van der Waals surface area contributed by atoms with Crippen LogP contribution < -0.4 is 10.6 Å². The second kappa shape index (κ2) is 13.6. The average Bonchev–Trinajstić information content (AvgIpc) is 3.65. The number of nitrogens with one attached hydrogen (secondary N) is 2. The monoisotopic (exact) mass is 695 g/mol. The van der Waals surface area contributed by atoms with E-state index in [9.17, 15) is 13.2 Å². The molecule has 0 spiro atoms. The quantitative estimate of drug-likeness (QED) is 0.246. The van der Waals surface area contributed by atoms with E-state index in [0.29, 0.717) is 23.2 Å². The predicted octanol–water partition coefficient (Wildman–Crippen LogP) is 8.20. The molecule has 1 aromatic heterocycles. The molecule has 3 aromatic rings. The number of rotatable bonds is 8. The number of fused-ring (bicyclic) bond motifs is 2. The minimum Gasteiger partial charge on any atom is -0.464 e. The van der Waals surface area contributed by atoms with Crippen molar-refractivity contribution in [2.75, 3.05) is 10.6 Å². The van der Waals surface area contributed by atoms with Crippen LogP contribution in [0, 0.1) is 12.8 Å². The maximum atomic E-state index is 13.8. The van der Waals surface area contributed by atoms with Gasteiger partial charge in [-0.3, -0.25) is 5.32 Å². The Hall–Kier alpha value is -4.61. The van der Waals surface area contributed by atoms with Crippen LogP contribution in [0.4, 0.5) is 16.3 Å². The van der Waals surface area contributed by atoms with Gasteiger partial charge in [-0.2, -0.15) is 9.40 Å². The van der Waals surface area contributed by atoms with E-state index in [-0.39, 0.29) is 28.6 Å². The summed E-state index contributed by atoms with van der Waals surface area (Å²) in [5.41, 5.74) is 5.46. The molecule has 2 unspecified atom stereocenters. The van der Waals surface area contributed by atoms with Crippen molar-refractivity contribution in [3.05, 3.63) is 119 Å². The largest absolute Gasteiger partial charge is 0.464 e. The van der Waals surface area contributed by atoms with Crippen LogP contribution in [-0.4, -0.2) is 40.6 Å². The molecule has 3 aliphatic heterocycles. The normalized spacial score (nSPS) is 22.2.